The summed E-state index contributed by atoms with van der Waals surface area (Å²) in [7, 11) is 0. The lowest BCUT2D eigenvalue weighted by Crippen LogP contribution is -2.21. The van der Waals surface area contributed by atoms with Crippen molar-refractivity contribution in [1.82, 2.24) is 0 Å². The Balaban J connectivity index is 1.70. The van der Waals surface area contributed by atoms with Crippen LogP contribution in [0.5, 0.6) is 5.75 Å². The molecule has 2 aromatic carbocycles. The Hall–Kier alpha value is -3.13. The molecular formula is C19H19ClN2O6. The summed E-state index contributed by atoms with van der Waals surface area (Å²) in [5.74, 6) is -0.536. The number of benzene rings is 2. The highest BCUT2D eigenvalue weighted by Gasteiger charge is 2.17. The number of nitro benzene ring substituents is 1. The first-order valence-corrected chi connectivity index (χ1v) is 8.82. The number of nitro groups is 1. The molecule has 0 heterocycles. The van der Waals surface area contributed by atoms with Crippen LogP contribution in [0.25, 0.3) is 0 Å². The minimum Gasteiger partial charge on any atom is -0.494 e. The first kappa shape index (κ1) is 21.2. The molecule has 0 aliphatic rings. The minimum atomic E-state index is -0.685. The molecule has 0 unspecified atom stereocenters. The number of nitrogens with zero attached hydrogens (tertiary/aromatic N) is 1. The molecule has 0 saturated heterocycles. The molecule has 2 rings (SSSR count). The predicted octanol–water partition coefficient (Wildman–Crippen LogP) is 3.90. The van der Waals surface area contributed by atoms with Gasteiger partial charge in [0, 0.05) is 17.5 Å². The number of aryl methyl sites for hydroxylation is 1. The normalized spacial score (nSPS) is 10.2. The lowest BCUT2D eigenvalue weighted by atomic mass is 10.2. The van der Waals surface area contributed by atoms with Crippen LogP contribution in [0.15, 0.2) is 42.5 Å². The fourth-order valence-corrected chi connectivity index (χ4v) is 2.37. The van der Waals surface area contributed by atoms with Crippen LogP contribution in [0.4, 0.5) is 11.4 Å². The molecule has 0 atom stereocenters. The van der Waals surface area contributed by atoms with E-state index in [2.05, 4.69) is 5.32 Å². The first-order chi connectivity index (χ1) is 13.3. The number of ether oxygens (including phenoxy) is 2. The number of hydrogen-bond donors (Lipinski definition) is 1. The van der Waals surface area contributed by atoms with Gasteiger partial charge < -0.3 is 14.8 Å². The molecule has 1 N–H and O–H groups in total. The highest BCUT2D eigenvalue weighted by atomic mass is 35.5. The number of nitrogens with one attached hydrogen (secondary N) is 1. The smallest absolute Gasteiger partial charge is 0.306 e. The Bertz CT molecular complexity index is 854. The summed E-state index contributed by atoms with van der Waals surface area (Å²) >= 11 is 5.71. The summed E-state index contributed by atoms with van der Waals surface area (Å²) < 4.78 is 10.4. The number of anilines is 1. The van der Waals surface area contributed by atoms with E-state index in [1.807, 2.05) is 31.2 Å². The van der Waals surface area contributed by atoms with Crippen LogP contribution in [-0.2, 0) is 14.3 Å². The molecule has 0 aliphatic carbocycles. The van der Waals surface area contributed by atoms with Crippen LogP contribution in [0.3, 0.4) is 0 Å². The molecule has 0 aliphatic heterocycles. The fourth-order valence-electron chi connectivity index (χ4n) is 2.21. The SMILES string of the molecule is Cc1ccc(OCCCC(=O)OCC(=O)Nc2ccc(Cl)cc2[N+](=O)[O-])cc1. The van der Waals surface area contributed by atoms with Crippen molar-refractivity contribution in [2.45, 2.75) is 19.8 Å². The molecule has 1 amide bonds. The van der Waals surface area contributed by atoms with Crippen molar-refractivity contribution in [2.24, 2.45) is 0 Å². The van der Waals surface area contributed by atoms with E-state index in [4.69, 9.17) is 21.1 Å². The van der Waals surface area contributed by atoms with Gasteiger partial charge in [0.25, 0.3) is 11.6 Å². The van der Waals surface area contributed by atoms with E-state index in [0.29, 0.717) is 18.8 Å². The van der Waals surface area contributed by atoms with E-state index in [0.717, 1.165) is 11.6 Å². The van der Waals surface area contributed by atoms with E-state index < -0.39 is 23.4 Å². The third-order valence-corrected chi connectivity index (χ3v) is 3.84. The Labute approximate surface area is 166 Å². The number of amides is 1. The number of carbonyl (C=O) groups is 2. The summed E-state index contributed by atoms with van der Waals surface area (Å²) in [5, 5.41) is 13.5. The second-order valence-electron chi connectivity index (χ2n) is 5.89. The topological polar surface area (TPSA) is 108 Å². The first-order valence-electron chi connectivity index (χ1n) is 8.44. The van der Waals surface area contributed by atoms with Crippen LogP contribution < -0.4 is 10.1 Å². The van der Waals surface area contributed by atoms with Gasteiger partial charge in [-0.3, -0.25) is 19.7 Å². The number of halogens is 1. The van der Waals surface area contributed by atoms with Crippen molar-refractivity contribution in [1.29, 1.82) is 0 Å². The lowest BCUT2D eigenvalue weighted by molar-refractivity contribution is -0.383. The number of rotatable bonds is 9. The molecule has 0 aromatic heterocycles. The van der Waals surface area contributed by atoms with Crippen LogP contribution in [0.1, 0.15) is 18.4 Å². The van der Waals surface area contributed by atoms with Gasteiger partial charge in [-0.2, -0.15) is 0 Å². The standard InChI is InChI=1S/C19H19ClN2O6/c1-13-4-7-15(8-5-13)27-10-2-3-19(24)28-12-18(23)21-16-9-6-14(20)11-17(16)22(25)26/h4-9,11H,2-3,10,12H2,1H3,(H,21,23). The van der Waals surface area contributed by atoms with E-state index in [1.165, 1.54) is 12.1 Å². The van der Waals surface area contributed by atoms with E-state index >= 15 is 0 Å². The van der Waals surface area contributed by atoms with Crippen molar-refractivity contribution in [2.75, 3.05) is 18.5 Å². The average Bonchev–Trinajstić information content (AvgIpc) is 2.66. The Morgan fingerprint density at radius 3 is 2.57 bits per heavy atom. The Kier molecular flexibility index (Phi) is 7.76. The molecule has 0 saturated carbocycles. The van der Waals surface area contributed by atoms with Gasteiger partial charge in [-0.15, -0.1) is 0 Å². The van der Waals surface area contributed by atoms with Gasteiger partial charge in [0.1, 0.15) is 11.4 Å². The molecule has 2 aromatic rings. The monoisotopic (exact) mass is 406 g/mol. The molecule has 0 spiro atoms. The Morgan fingerprint density at radius 2 is 1.89 bits per heavy atom. The zero-order valence-electron chi connectivity index (χ0n) is 15.1. The van der Waals surface area contributed by atoms with Crippen molar-refractivity contribution >= 4 is 34.9 Å². The average molecular weight is 407 g/mol. The molecule has 148 valence electrons. The van der Waals surface area contributed by atoms with Gasteiger partial charge >= 0.3 is 5.97 Å². The summed E-state index contributed by atoms with van der Waals surface area (Å²) in [6.45, 7) is 1.76. The van der Waals surface area contributed by atoms with Gasteiger partial charge in [0.2, 0.25) is 0 Å². The molecule has 0 radical (unpaired) electrons. The largest absolute Gasteiger partial charge is 0.494 e. The number of hydrogen-bond acceptors (Lipinski definition) is 6. The summed E-state index contributed by atoms with van der Waals surface area (Å²) in [4.78, 5) is 33.9. The van der Waals surface area contributed by atoms with Crippen molar-refractivity contribution in [3.05, 3.63) is 63.2 Å². The third-order valence-electron chi connectivity index (χ3n) is 3.61. The third kappa shape index (κ3) is 6.88. The van der Waals surface area contributed by atoms with Gasteiger partial charge in [0.05, 0.1) is 11.5 Å². The van der Waals surface area contributed by atoms with E-state index in [1.54, 1.807) is 0 Å². The summed E-state index contributed by atoms with van der Waals surface area (Å²) in [6.07, 6.45) is 0.511. The quantitative estimate of drug-likeness (QED) is 0.293. The molecule has 9 heteroatoms. The number of esters is 1. The highest BCUT2D eigenvalue weighted by molar-refractivity contribution is 6.31. The molecule has 0 fully saturated rings. The van der Waals surface area contributed by atoms with Gasteiger partial charge in [-0.1, -0.05) is 29.3 Å². The lowest BCUT2D eigenvalue weighted by Gasteiger charge is -2.08. The second kappa shape index (κ2) is 10.3. The van der Waals surface area contributed by atoms with E-state index in [9.17, 15) is 19.7 Å². The Morgan fingerprint density at radius 1 is 1.18 bits per heavy atom. The van der Waals surface area contributed by atoms with E-state index in [-0.39, 0.29) is 22.8 Å². The molecular weight excluding hydrogens is 388 g/mol. The van der Waals surface area contributed by atoms with Crippen LogP contribution >= 0.6 is 11.6 Å². The van der Waals surface area contributed by atoms with Crippen LogP contribution in [0, 0.1) is 17.0 Å². The maximum absolute atomic E-state index is 11.9. The van der Waals surface area contributed by atoms with Gasteiger partial charge in [0.15, 0.2) is 6.61 Å². The maximum atomic E-state index is 11.9. The fraction of sp³-hybridized carbons (Fsp3) is 0.263. The van der Waals surface area contributed by atoms with Crippen molar-refractivity contribution in [3.8, 4) is 5.75 Å². The van der Waals surface area contributed by atoms with Crippen molar-refractivity contribution in [3.63, 3.8) is 0 Å². The molecule has 0 bridgehead atoms. The minimum absolute atomic E-state index is 0.0260. The number of carbonyl (C=O) groups excluding carboxylic acids is 2. The zero-order chi connectivity index (χ0) is 20.5. The zero-order valence-corrected chi connectivity index (χ0v) is 15.9. The van der Waals surface area contributed by atoms with Crippen molar-refractivity contribution < 1.29 is 24.0 Å². The highest BCUT2D eigenvalue weighted by Crippen LogP contribution is 2.27. The molecule has 8 nitrogen and oxygen atoms in total. The van der Waals surface area contributed by atoms with Crippen LogP contribution in [-0.4, -0.2) is 30.0 Å². The molecule has 28 heavy (non-hydrogen) atoms. The second-order valence-corrected chi connectivity index (χ2v) is 6.33. The van der Waals surface area contributed by atoms with Gasteiger partial charge in [-0.05, 0) is 37.6 Å². The van der Waals surface area contributed by atoms with Gasteiger partial charge in [-0.25, -0.2) is 0 Å². The summed E-state index contributed by atoms with van der Waals surface area (Å²) in [5.41, 5.74) is 0.750. The maximum Gasteiger partial charge on any atom is 0.306 e. The summed E-state index contributed by atoms with van der Waals surface area (Å²) in [6, 6.07) is 11.4. The predicted molar refractivity (Wildman–Crippen MR) is 104 cm³/mol. The van der Waals surface area contributed by atoms with Crippen LogP contribution in [0.2, 0.25) is 5.02 Å².